The maximum Gasteiger partial charge on any atom is 0.249 e. The second kappa shape index (κ2) is 5.92. The minimum Gasteiger partial charge on any atom is -0.368 e. The van der Waals surface area contributed by atoms with Crippen LogP contribution in [0.15, 0.2) is 30.5 Å². The van der Waals surface area contributed by atoms with Crippen molar-refractivity contribution in [1.82, 2.24) is 14.8 Å². The molecule has 2 saturated heterocycles. The summed E-state index contributed by atoms with van der Waals surface area (Å²) in [5, 5.41) is 1.21. The molecule has 0 bridgehead atoms. The van der Waals surface area contributed by atoms with Crippen molar-refractivity contribution in [1.29, 1.82) is 0 Å². The maximum atomic E-state index is 12.0. The van der Waals surface area contributed by atoms with Crippen LogP contribution in [0.25, 0.3) is 10.9 Å². The summed E-state index contributed by atoms with van der Waals surface area (Å²) in [6, 6.07) is 8.08. The van der Waals surface area contributed by atoms with E-state index in [4.69, 9.17) is 10.5 Å². The lowest BCUT2D eigenvalue weighted by atomic mass is 10.1. The molecule has 0 saturated carbocycles. The summed E-state index contributed by atoms with van der Waals surface area (Å²) in [6.45, 7) is 2.19. The van der Waals surface area contributed by atoms with Crippen LogP contribution >= 0.6 is 0 Å². The van der Waals surface area contributed by atoms with E-state index < -0.39 is 5.91 Å². The number of primary amides is 1. The first-order chi connectivity index (χ1) is 11.6. The van der Waals surface area contributed by atoms with Gasteiger partial charge in [0.1, 0.15) is 6.61 Å². The Bertz CT molecular complexity index is 787. The van der Waals surface area contributed by atoms with Crippen LogP contribution in [0.3, 0.4) is 0 Å². The molecular formula is C17H20N4O3. The monoisotopic (exact) mass is 328 g/mol. The number of benzene rings is 1. The smallest absolute Gasteiger partial charge is 0.249 e. The zero-order chi connectivity index (χ0) is 16.7. The number of para-hydroxylation sites is 1. The number of amides is 2. The average molecular weight is 328 g/mol. The maximum absolute atomic E-state index is 12.0. The molecule has 24 heavy (non-hydrogen) atoms. The number of hydrogen-bond acceptors (Lipinski definition) is 4. The van der Waals surface area contributed by atoms with E-state index in [0.717, 1.165) is 18.6 Å². The van der Waals surface area contributed by atoms with Crippen molar-refractivity contribution in [2.24, 2.45) is 5.73 Å². The van der Waals surface area contributed by atoms with Gasteiger partial charge in [-0.3, -0.25) is 14.5 Å². The summed E-state index contributed by atoms with van der Waals surface area (Å²) in [5.41, 5.74) is 7.62. The van der Waals surface area contributed by atoms with Crippen molar-refractivity contribution in [3.8, 4) is 0 Å². The molecule has 7 nitrogen and oxygen atoms in total. The van der Waals surface area contributed by atoms with Crippen molar-refractivity contribution in [2.75, 3.05) is 26.2 Å². The number of rotatable bonds is 4. The number of H-pyrrole nitrogens is 1. The predicted molar refractivity (Wildman–Crippen MR) is 88.0 cm³/mol. The molecule has 0 radical (unpaired) electrons. The molecule has 2 aliphatic heterocycles. The number of nitrogens with two attached hydrogens (primary N) is 1. The lowest BCUT2D eigenvalue weighted by molar-refractivity contribution is -0.155. The number of aromatic amines is 1. The van der Waals surface area contributed by atoms with Gasteiger partial charge in [-0.05, 0) is 11.6 Å². The third-order valence-electron chi connectivity index (χ3n) is 4.85. The number of hydrogen-bond donors (Lipinski definition) is 2. The molecule has 1 aromatic heterocycles. The van der Waals surface area contributed by atoms with Gasteiger partial charge >= 0.3 is 0 Å². The normalized spacial score (nSPS) is 24.5. The molecule has 126 valence electrons. The number of morpholine rings is 1. The molecule has 1 aromatic carbocycles. The Morgan fingerprint density at radius 3 is 3.00 bits per heavy atom. The Kier molecular flexibility index (Phi) is 3.74. The highest BCUT2D eigenvalue weighted by Gasteiger charge is 2.43. The minimum absolute atomic E-state index is 0.0232. The van der Waals surface area contributed by atoms with Crippen LogP contribution in [0.5, 0.6) is 0 Å². The summed E-state index contributed by atoms with van der Waals surface area (Å²) in [4.78, 5) is 30.4. The van der Waals surface area contributed by atoms with Crippen LogP contribution in [-0.4, -0.2) is 65.0 Å². The molecule has 2 fully saturated rings. The highest BCUT2D eigenvalue weighted by atomic mass is 16.5. The first kappa shape index (κ1) is 15.2. The largest absolute Gasteiger partial charge is 0.368 e. The van der Waals surface area contributed by atoms with Crippen LogP contribution in [0, 0.1) is 0 Å². The Balaban J connectivity index is 1.51. The van der Waals surface area contributed by atoms with E-state index in [1.54, 1.807) is 4.90 Å². The summed E-state index contributed by atoms with van der Waals surface area (Å²) < 4.78 is 5.67. The summed E-state index contributed by atoms with van der Waals surface area (Å²) in [5.74, 6) is -0.650. The molecule has 7 heteroatoms. The van der Waals surface area contributed by atoms with Gasteiger partial charge in [0.05, 0.1) is 18.7 Å². The SMILES string of the molecule is NC(=O)CN1C(=O)CO[C@H]2CN(Cc3c[nH]c4ccccc34)C[C@H]21. The molecule has 0 aliphatic carbocycles. The summed E-state index contributed by atoms with van der Waals surface area (Å²) >= 11 is 0. The summed E-state index contributed by atoms with van der Waals surface area (Å²) in [6.07, 6.45) is 1.96. The van der Waals surface area contributed by atoms with Gasteiger partial charge in [0.2, 0.25) is 11.8 Å². The van der Waals surface area contributed by atoms with Gasteiger partial charge in [0.25, 0.3) is 0 Å². The van der Waals surface area contributed by atoms with Gasteiger partial charge in [-0.25, -0.2) is 0 Å². The molecule has 0 spiro atoms. The molecule has 2 aromatic rings. The van der Waals surface area contributed by atoms with E-state index >= 15 is 0 Å². The van der Waals surface area contributed by atoms with Crippen LogP contribution in [-0.2, 0) is 20.9 Å². The lowest BCUT2D eigenvalue weighted by Gasteiger charge is -2.35. The topological polar surface area (TPSA) is 91.7 Å². The fourth-order valence-corrected chi connectivity index (χ4v) is 3.75. The van der Waals surface area contributed by atoms with Crippen molar-refractivity contribution in [3.63, 3.8) is 0 Å². The number of fused-ring (bicyclic) bond motifs is 2. The quantitative estimate of drug-likeness (QED) is 0.830. The molecule has 3 N–H and O–H groups in total. The molecule has 3 heterocycles. The molecule has 0 unspecified atom stereocenters. The fraction of sp³-hybridized carbons (Fsp3) is 0.412. The standard InChI is InChI=1S/C17H20N4O3/c18-16(22)9-21-14-7-20(8-15(14)24-10-17(21)23)6-11-5-19-13-4-2-1-3-12(11)13/h1-5,14-15,19H,6-10H2,(H2,18,22)/t14-,15+/m1/s1. The van der Waals surface area contributed by atoms with Crippen LogP contribution < -0.4 is 5.73 Å². The lowest BCUT2D eigenvalue weighted by Crippen LogP contribution is -2.56. The van der Waals surface area contributed by atoms with E-state index in [9.17, 15) is 9.59 Å². The van der Waals surface area contributed by atoms with E-state index in [2.05, 4.69) is 22.0 Å². The number of carbonyl (C=O) groups is 2. The predicted octanol–water partition coefficient (Wildman–Crippen LogP) is 0.0648. The van der Waals surface area contributed by atoms with Gasteiger partial charge in [-0.1, -0.05) is 18.2 Å². The summed E-state index contributed by atoms with van der Waals surface area (Å²) in [7, 11) is 0. The van der Waals surface area contributed by atoms with Gasteiger partial charge in [-0.2, -0.15) is 0 Å². The van der Waals surface area contributed by atoms with Crippen molar-refractivity contribution in [3.05, 3.63) is 36.0 Å². The third-order valence-corrected chi connectivity index (χ3v) is 4.85. The molecular weight excluding hydrogens is 308 g/mol. The second-order valence-corrected chi connectivity index (χ2v) is 6.46. The van der Waals surface area contributed by atoms with E-state index in [1.807, 2.05) is 18.3 Å². The Morgan fingerprint density at radius 1 is 1.33 bits per heavy atom. The van der Waals surface area contributed by atoms with E-state index in [0.29, 0.717) is 6.54 Å². The minimum atomic E-state index is -0.487. The van der Waals surface area contributed by atoms with Gasteiger partial charge < -0.3 is 20.4 Å². The zero-order valence-corrected chi connectivity index (χ0v) is 13.3. The fourth-order valence-electron chi connectivity index (χ4n) is 3.75. The van der Waals surface area contributed by atoms with Gasteiger partial charge in [0, 0.05) is 36.7 Å². The van der Waals surface area contributed by atoms with Crippen LogP contribution in [0.2, 0.25) is 0 Å². The number of nitrogens with zero attached hydrogens (tertiary/aromatic N) is 2. The van der Waals surface area contributed by atoms with Crippen molar-refractivity contribution >= 4 is 22.7 Å². The molecule has 2 aliphatic rings. The molecule has 2 atom stereocenters. The Morgan fingerprint density at radius 2 is 2.17 bits per heavy atom. The van der Waals surface area contributed by atoms with Crippen LogP contribution in [0.4, 0.5) is 0 Å². The third kappa shape index (κ3) is 2.65. The number of aromatic nitrogens is 1. The van der Waals surface area contributed by atoms with E-state index in [1.165, 1.54) is 10.9 Å². The number of likely N-dealkylation sites (tertiary alicyclic amines) is 1. The Labute approximate surface area is 139 Å². The van der Waals surface area contributed by atoms with Gasteiger partial charge in [-0.15, -0.1) is 0 Å². The van der Waals surface area contributed by atoms with E-state index in [-0.39, 0.29) is 31.2 Å². The Hall–Kier alpha value is -2.38. The van der Waals surface area contributed by atoms with Crippen molar-refractivity contribution < 1.29 is 14.3 Å². The van der Waals surface area contributed by atoms with Crippen LogP contribution in [0.1, 0.15) is 5.56 Å². The van der Waals surface area contributed by atoms with Crippen molar-refractivity contribution in [2.45, 2.75) is 18.7 Å². The molecule has 4 rings (SSSR count). The number of carbonyl (C=O) groups excluding carboxylic acids is 2. The first-order valence-corrected chi connectivity index (χ1v) is 8.08. The zero-order valence-electron chi connectivity index (χ0n) is 13.3. The second-order valence-electron chi connectivity index (χ2n) is 6.46. The molecule has 2 amide bonds. The first-order valence-electron chi connectivity index (χ1n) is 8.08. The number of ether oxygens (including phenoxy) is 1. The highest BCUT2D eigenvalue weighted by molar-refractivity contribution is 5.85. The highest BCUT2D eigenvalue weighted by Crippen LogP contribution is 2.26. The number of nitrogens with one attached hydrogen (secondary N) is 1. The average Bonchev–Trinajstić information content (AvgIpc) is 3.15. The van der Waals surface area contributed by atoms with Gasteiger partial charge in [0.15, 0.2) is 0 Å².